The summed E-state index contributed by atoms with van der Waals surface area (Å²) in [6.45, 7) is 23.4. The van der Waals surface area contributed by atoms with Gasteiger partial charge in [0.2, 0.25) is 48.9 Å². The molecule has 0 radical (unpaired) electrons. The maximum atomic E-state index is 15.0. The van der Waals surface area contributed by atoms with Crippen LogP contribution in [0.2, 0.25) is 0 Å². The van der Waals surface area contributed by atoms with E-state index in [1.807, 2.05) is 137 Å². The Kier molecular flexibility index (Phi) is 29.6. The minimum Gasteiger partial charge on any atom is -0.491 e. The first kappa shape index (κ1) is 93.3. The smallest absolute Gasteiger partial charge is 0.306 e. The van der Waals surface area contributed by atoms with Crippen molar-refractivity contribution >= 4 is 99.4 Å². The summed E-state index contributed by atoms with van der Waals surface area (Å²) in [6.07, 6.45) is 17.9. The lowest BCUT2D eigenvalue weighted by Crippen LogP contribution is -2.46. The minimum atomic E-state index is -3.89. The minimum absolute atomic E-state index is 0.0105. The lowest BCUT2D eigenvalue weighted by atomic mass is 9.89. The summed E-state index contributed by atoms with van der Waals surface area (Å²) >= 11 is 0. The van der Waals surface area contributed by atoms with E-state index in [0.717, 1.165) is 84.6 Å². The van der Waals surface area contributed by atoms with Gasteiger partial charge in [0.25, 0.3) is 11.8 Å². The highest BCUT2D eigenvalue weighted by Crippen LogP contribution is 2.58. The number of ketones is 2. The first-order valence-corrected chi connectivity index (χ1v) is 47.7. The number of unbranched alkanes of at least 4 members (excludes halogenated alkanes) is 6. The second-order valence-corrected chi connectivity index (χ2v) is 39.3. The molecule has 4 aromatic heterocycles. The molecular formula is C100H112F2N8O17S2. The molecule has 6 heterocycles. The van der Waals surface area contributed by atoms with Gasteiger partial charge in [-0.25, -0.2) is 35.6 Å². The Morgan fingerprint density at radius 2 is 0.984 bits per heavy atom. The molecule has 4 aliphatic carbocycles. The topological polar surface area (TPSA) is 345 Å². The number of fused-ring (bicyclic) bond motifs is 6. The van der Waals surface area contributed by atoms with E-state index in [4.69, 9.17) is 47.7 Å². The van der Waals surface area contributed by atoms with E-state index in [-0.39, 0.29) is 97.1 Å². The van der Waals surface area contributed by atoms with E-state index in [1.54, 1.807) is 41.3 Å². The van der Waals surface area contributed by atoms with Crippen LogP contribution in [0.25, 0.3) is 66.9 Å². The third-order valence-corrected chi connectivity index (χ3v) is 28.5. The van der Waals surface area contributed by atoms with Gasteiger partial charge in [0, 0.05) is 60.0 Å². The third-order valence-electron chi connectivity index (χ3n) is 24.8. The highest BCUT2D eigenvalue weighted by Gasteiger charge is 2.63. The van der Waals surface area contributed by atoms with Gasteiger partial charge in [-0.3, -0.25) is 38.2 Å². The number of nitrogens with zero attached hydrogens (tertiary/aromatic N) is 5. The number of carboxylic acid groups (broad SMARTS) is 1. The number of furan rings is 2. The summed E-state index contributed by atoms with van der Waals surface area (Å²) in [5, 5.41) is 12.9. The van der Waals surface area contributed by atoms with Crippen molar-refractivity contribution in [1.29, 1.82) is 0 Å². The lowest BCUT2D eigenvalue weighted by Gasteiger charge is -2.29. The molecule has 680 valence electrons. The number of aliphatic carboxylic acids is 1. The van der Waals surface area contributed by atoms with Crippen molar-refractivity contribution in [3.8, 4) is 46.0 Å². The van der Waals surface area contributed by atoms with Crippen LogP contribution in [0.5, 0.6) is 23.3 Å². The number of halogens is 2. The number of allylic oxidation sites excluding steroid dienone is 4. The monoisotopic (exact) mass is 1800 g/mol. The Morgan fingerprint density at radius 1 is 0.550 bits per heavy atom. The van der Waals surface area contributed by atoms with E-state index in [2.05, 4.69) is 41.1 Å². The quantitative estimate of drug-likeness (QED) is 0.0204. The standard InChI is InChI=1S/C50H55FN4O8S.C34H36N4O7S.C16H21FO2/c1-5-7-8-9-10-13-34(26-32-16-20-36(51)21-17-32)48(57)55-30-38(27-41(55)42(56)29-50(28-35(50)6-2)49(58)54-64(59,60)39-24-25-39)62-47-45-44(40-14-11-12-15-43(40)63-45)52-46(53-47)33-18-22-37(23-19-33)61-31(3)4;1-4-21-16-34(21,33(40)38-46(41,42)24-13-14-24)17-27(39)26-15-23(18-35-26)44-32-30-29(25-7-5-6-8-28(25)45-30)36-31(37-32)20-9-11-22(12-10-20)43-19(2)3;1-2-3-4-5-6-7-14(16(18)19)12-13-8-10-15(17)11-9-13/h5-6,11-12,14-23,31,34-35,38-39,41H,1-2,7-10,13,24-30H2,3-4H3,(H,54,58);4-12,19,21,23-24,26,35H,1,13-18H2,2-3H3,(H,38,40);2,8-11,14H,1,3-7,12H2,(H,18,19)/t34-,35-,38-,41+,50-;21-,23-,26+,34-;14-/m111/s1. The van der Waals surface area contributed by atoms with E-state index in [9.17, 15) is 54.7 Å². The number of hydrogen-bond acceptors (Lipinski definition) is 21. The van der Waals surface area contributed by atoms with Crippen LogP contribution in [0.3, 0.4) is 0 Å². The zero-order valence-electron chi connectivity index (χ0n) is 73.2. The molecule has 2 saturated heterocycles. The fourth-order valence-electron chi connectivity index (χ4n) is 17.2. The normalized spacial score (nSPS) is 20.9. The summed E-state index contributed by atoms with van der Waals surface area (Å²) in [4.78, 5) is 102. The third kappa shape index (κ3) is 22.9. The molecule has 0 bridgehead atoms. The number of para-hydroxylation sites is 2. The Bertz CT molecular complexity index is 6020. The molecule has 129 heavy (non-hydrogen) atoms. The van der Waals surface area contributed by atoms with E-state index < -0.39 is 95.3 Å². The zero-order chi connectivity index (χ0) is 91.5. The largest absolute Gasteiger partial charge is 0.491 e. The fourth-order valence-corrected chi connectivity index (χ4v) is 20.0. The van der Waals surface area contributed by atoms with Crippen LogP contribution in [0.15, 0.2) is 205 Å². The maximum absolute atomic E-state index is 15.0. The molecule has 4 saturated carbocycles. The molecule has 10 aromatic rings. The van der Waals surface area contributed by atoms with Crippen molar-refractivity contribution in [2.24, 2.45) is 34.5 Å². The molecule has 6 aromatic carbocycles. The van der Waals surface area contributed by atoms with Gasteiger partial charge < -0.3 is 43.1 Å². The number of nitrogens with one attached hydrogen (secondary N) is 3. The Balaban J connectivity index is 0.000000179. The number of rotatable bonds is 42. The average molecular weight is 1800 g/mol. The van der Waals surface area contributed by atoms with Gasteiger partial charge in [0.15, 0.2) is 23.2 Å². The maximum Gasteiger partial charge on any atom is 0.306 e. The summed E-state index contributed by atoms with van der Waals surface area (Å²) in [6, 6.07) is 40.6. The number of hydrogen-bond donors (Lipinski definition) is 4. The zero-order valence-corrected chi connectivity index (χ0v) is 74.8. The van der Waals surface area contributed by atoms with E-state index in [1.165, 1.54) is 24.3 Å². The highest BCUT2D eigenvalue weighted by atomic mass is 32.2. The number of likely N-dealkylation sites (tertiary alicyclic amines) is 1. The molecule has 10 atom stereocenters. The molecule has 0 unspecified atom stereocenters. The lowest BCUT2D eigenvalue weighted by molar-refractivity contribution is -0.142. The van der Waals surface area contributed by atoms with Crippen LogP contribution in [-0.4, -0.2) is 142 Å². The fraction of sp³-hybridized carbons (Fsp3) is 0.420. The van der Waals surface area contributed by atoms with Gasteiger partial charge in [-0.1, -0.05) is 98.5 Å². The molecular weight excluding hydrogens is 1690 g/mol. The van der Waals surface area contributed by atoms with Crippen molar-refractivity contribution in [3.05, 3.63) is 219 Å². The molecule has 0 spiro atoms. The van der Waals surface area contributed by atoms with Gasteiger partial charge in [-0.2, -0.15) is 9.97 Å². The SMILES string of the molecule is C=CCCCCC[C@H](Cc1ccc(F)cc1)C(=O)N1C[C@H](Oc2nc(-c3ccc(OC(C)C)cc3)nc3c2oc2ccccc23)C[C@H]1C(=O)C[C@]1(C(=O)NS(=O)(=O)C2CC2)C[C@H]1C=C.C=CCCCCC[C@H](Cc1ccc(F)cc1)C(=O)O.C=C[C@@H]1C[C@]1(CC(=O)[C@@H]1C[C@@H](Oc2nc(-c3ccc(OC(C)C)cc3)nc3c2oc2ccccc23)CN1)C(=O)NS(=O)(=O)C1CC1. The van der Waals surface area contributed by atoms with Crippen molar-refractivity contribution < 1.29 is 87.3 Å². The van der Waals surface area contributed by atoms with Crippen molar-refractivity contribution in [3.63, 3.8) is 0 Å². The van der Waals surface area contributed by atoms with Gasteiger partial charge in [0.1, 0.15) is 57.5 Å². The number of amides is 3. The number of sulfonamides is 2. The first-order chi connectivity index (χ1) is 62.0. The molecule has 6 fully saturated rings. The van der Waals surface area contributed by atoms with Crippen LogP contribution in [0.1, 0.15) is 167 Å². The molecule has 25 nitrogen and oxygen atoms in total. The van der Waals surface area contributed by atoms with Gasteiger partial charge in [-0.05, 0) is 238 Å². The van der Waals surface area contributed by atoms with Gasteiger partial charge in [0.05, 0.1) is 58.1 Å². The molecule has 2 aliphatic heterocycles. The average Bonchev–Trinajstić information content (AvgIpc) is 1.59. The van der Waals surface area contributed by atoms with Crippen molar-refractivity contribution in [2.75, 3.05) is 13.1 Å². The number of carbonyl (C=O) groups excluding carboxylic acids is 5. The van der Waals surface area contributed by atoms with Crippen LogP contribution in [0, 0.1) is 46.1 Å². The molecule has 3 amide bonds. The van der Waals surface area contributed by atoms with Crippen LogP contribution in [0.4, 0.5) is 8.78 Å². The van der Waals surface area contributed by atoms with Crippen molar-refractivity contribution in [1.82, 2.24) is 39.6 Å². The molecule has 29 heteroatoms. The molecule has 6 aliphatic rings. The summed E-state index contributed by atoms with van der Waals surface area (Å²) < 4.78 is 119. The van der Waals surface area contributed by atoms with Gasteiger partial charge in [-0.15, -0.1) is 26.3 Å². The molecule has 4 N–H and O–H groups in total. The number of carboxylic acids is 1. The summed E-state index contributed by atoms with van der Waals surface area (Å²) in [5.74, 6) is -2.52. The first-order valence-electron chi connectivity index (χ1n) is 44.6. The van der Waals surface area contributed by atoms with Crippen LogP contribution in [-0.2, 0) is 61.7 Å². The highest BCUT2D eigenvalue weighted by molar-refractivity contribution is 7.91. The number of Topliss-reactive ketones (excluding diaryl/α,β-unsaturated/α-hetero) is 2. The predicted octanol–water partition coefficient (Wildman–Crippen LogP) is 18.0. The van der Waals surface area contributed by atoms with Crippen LogP contribution < -0.4 is 33.7 Å². The summed E-state index contributed by atoms with van der Waals surface area (Å²) in [5.41, 5.74) is 3.84. The van der Waals surface area contributed by atoms with E-state index >= 15 is 4.79 Å². The number of aromatic nitrogens is 4. The second kappa shape index (κ2) is 40.9. The van der Waals surface area contributed by atoms with Crippen molar-refractivity contribution in [2.45, 2.75) is 216 Å². The molecule has 16 rings (SSSR count). The Morgan fingerprint density at radius 3 is 1.41 bits per heavy atom. The second-order valence-electron chi connectivity index (χ2n) is 35.3. The Hall–Kier alpha value is -11.8. The number of benzene rings is 6. The number of carbonyl (C=O) groups is 6. The van der Waals surface area contributed by atoms with Crippen LogP contribution >= 0.6 is 0 Å². The van der Waals surface area contributed by atoms with E-state index in [0.29, 0.717) is 127 Å². The predicted molar refractivity (Wildman–Crippen MR) is 489 cm³/mol. The Labute approximate surface area is 750 Å². The number of ether oxygens (including phenoxy) is 4. The summed E-state index contributed by atoms with van der Waals surface area (Å²) in [7, 11) is -7.61. The van der Waals surface area contributed by atoms with Gasteiger partial charge >= 0.3 is 5.97 Å².